The number of ether oxygens (including phenoxy) is 1. The van der Waals surface area contributed by atoms with E-state index in [0.717, 1.165) is 77.2 Å². The van der Waals surface area contributed by atoms with E-state index in [-0.39, 0.29) is 19.4 Å². The van der Waals surface area contributed by atoms with E-state index in [4.69, 9.17) is 4.74 Å². The summed E-state index contributed by atoms with van der Waals surface area (Å²) in [5, 5.41) is 20.2. The lowest BCUT2D eigenvalue weighted by molar-refractivity contribution is -0.0160. The van der Waals surface area contributed by atoms with Gasteiger partial charge in [0.1, 0.15) is 6.23 Å². The van der Waals surface area contributed by atoms with E-state index < -0.39 is 5.54 Å². The van der Waals surface area contributed by atoms with Crippen molar-refractivity contribution in [1.29, 1.82) is 0 Å². The average Bonchev–Trinajstić information content (AvgIpc) is 3.36. The summed E-state index contributed by atoms with van der Waals surface area (Å²) in [6.45, 7) is 5.55. The zero-order chi connectivity index (χ0) is 30.4. The van der Waals surface area contributed by atoms with Crippen LogP contribution in [-0.4, -0.2) is 53.2 Å². The van der Waals surface area contributed by atoms with Gasteiger partial charge in [-0.2, -0.15) is 0 Å². The maximum Gasteiger partial charge on any atom is 0.111 e. The Balaban J connectivity index is 2.18. The van der Waals surface area contributed by atoms with E-state index in [0.29, 0.717) is 6.61 Å². The van der Waals surface area contributed by atoms with E-state index in [9.17, 15) is 10.2 Å². The van der Waals surface area contributed by atoms with E-state index in [1.165, 1.54) is 44.9 Å². The molecule has 1 rings (SSSR count). The first-order chi connectivity index (χ1) is 20.7. The summed E-state index contributed by atoms with van der Waals surface area (Å²) in [5.41, 5.74) is -0.623. The van der Waals surface area contributed by atoms with Gasteiger partial charge in [-0.15, -0.1) is 0 Å². The summed E-state index contributed by atoms with van der Waals surface area (Å²) >= 11 is 0. The molecule has 240 valence electrons. The lowest BCUT2D eigenvalue weighted by Gasteiger charge is -2.36. The Morgan fingerprint density at radius 2 is 1.00 bits per heavy atom. The van der Waals surface area contributed by atoms with Crippen molar-refractivity contribution >= 4 is 0 Å². The Morgan fingerprint density at radius 1 is 0.571 bits per heavy atom. The van der Waals surface area contributed by atoms with E-state index in [1.54, 1.807) is 0 Å². The SMILES string of the molecule is CC/C=C\C/C=C\C/C=C\CCCCCCCN1C(CCCCCC/C=C\C/C=C\C/C=C\CC)OCC1(CO)CO. The number of nitrogens with zero attached hydrogens (tertiary/aromatic N) is 1. The second kappa shape index (κ2) is 28.1. The Labute approximate surface area is 260 Å². The molecule has 0 aromatic heterocycles. The highest BCUT2D eigenvalue weighted by Crippen LogP contribution is 2.30. The van der Waals surface area contributed by atoms with Gasteiger partial charge in [-0.3, -0.25) is 4.90 Å². The van der Waals surface area contributed by atoms with Gasteiger partial charge in [0, 0.05) is 6.54 Å². The molecule has 0 spiro atoms. The monoisotopic (exact) mass is 583 g/mol. The van der Waals surface area contributed by atoms with Crippen molar-refractivity contribution in [3.63, 3.8) is 0 Å². The molecule has 0 aliphatic carbocycles. The van der Waals surface area contributed by atoms with Gasteiger partial charge in [-0.25, -0.2) is 0 Å². The van der Waals surface area contributed by atoms with Crippen molar-refractivity contribution in [2.24, 2.45) is 0 Å². The van der Waals surface area contributed by atoms with Gasteiger partial charge in [-0.05, 0) is 83.5 Å². The van der Waals surface area contributed by atoms with Crippen LogP contribution < -0.4 is 0 Å². The van der Waals surface area contributed by atoms with Crippen LogP contribution in [0.1, 0.15) is 129 Å². The molecule has 2 N–H and O–H groups in total. The van der Waals surface area contributed by atoms with Gasteiger partial charge in [0.25, 0.3) is 0 Å². The molecule has 1 aliphatic rings. The first kappa shape index (κ1) is 38.3. The van der Waals surface area contributed by atoms with Crippen molar-refractivity contribution in [2.45, 2.75) is 141 Å². The smallest absolute Gasteiger partial charge is 0.111 e. The molecule has 4 nitrogen and oxygen atoms in total. The number of aliphatic hydroxyl groups excluding tert-OH is 2. The minimum Gasteiger partial charge on any atom is -0.394 e. The van der Waals surface area contributed by atoms with Crippen molar-refractivity contribution < 1.29 is 14.9 Å². The molecule has 4 heteroatoms. The number of aliphatic hydroxyl groups is 2. The summed E-state index contributed by atoms with van der Waals surface area (Å²) in [7, 11) is 0. The lowest BCUT2D eigenvalue weighted by Crippen LogP contribution is -2.54. The first-order valence-corrected chi connectivity index (χ1v) is 17.2. The fourth-order valence-electron chi connectivity index (χ4n) is 5.34. The van der Waals surface area contributed by atoms with E-state index in [2.05, 4.69) is 91.7 Å². The molecular weight excluding hydrogens is 518 g/mol. The summed E-state index contributed by atoms with van der Waals surface area (Å²) in [6.07, 6.45) is 47.5. The van der Waals surface area contributed by atoms with Crippen LogP contribution in [0.3, 0.4) is 0 Å². The molecule has 0 aromatic rings. The molecule has 0 radical (unpaired) electrons. The minimum atomic E-state index is -0.623. The molecule has 1 unspecified atom stereocenters. The van der Waals surface area contributed by atoms with Crippen LogP contribution >= 0.6 is 0 Å². The topological polar surface area (TPSA) is 52.9 Å². The summed E-state index contributed by atoms with van der Waals surface area (Å²) in [4.78, 5) is 2.27. The number of rotatable bonds is 27. The second-order valence-electron chi connectivity index (χ2n) is 11.6. The predicted molar refractivity (Wildman–Crippen MR) is 183 cm³/mol. The Bertz CT molecular complexity index is 775. The van der Waals surface area contributed by atoms with Crippen molar-refractivity contribution in [2.75, 3.05) is 26.4 Å². The van der Waals surface area contributed by atoms with Crippen LogP contribution in [0.15, 0.2) is 72.9 Å². The minimum absolute atomic E-state index is 0.0185. The second-order valence-corrected chi connectivity index (χ2v) is 11.6. The fraction of sp³-hybridized carbons (Fsp3) is 0.684. The van der Waals surface area contributed by atoms with Gasteiger partial charge in [-0.1, -0.05) is 119 Å². The molecule has 1 fully saturated rings. The third-order valence-corrected chi connectivity index (χ3v) is 7.99. The molecule has 0 saturated carbocycles. The average molecular weight is 584 g/mol. The molecule has 0 aromatic carbocycles. The largest absolute Gasteiger partial charge is 0.394 e. The Kier molecular flexibility index (Phi) is 25.6. The molecule has 1 heterocycles. The zero-order valence-corrected chi connectivity index (χ0v) is 27.3. The van der Waals surface area contributed by atoms with Gasteiger partial charge >= 0.3 is 0 Å². The molecule has 1 saturated heterocycles. The van der Waals surface area contributed by atoms with Crippen LogP contribution in [0.2, 0.25) is 0 Å². The van der Waals surface area contributed by atoms with E-state index in [1.807, 2.05) is 0 Å². The standard InChI is InChI=1S/C38H65NO3/c1-3-5-7-9-11-13-15-17-19-21-23-25-27-29-31-33-39-37(42-36-38(39,34-40)35-41)32-30-28-26-24-22-20-18-16-14-12-10-8-6-4-2/h5-8,11-14,17-20,37,40-41H,3-4,9-10,15-16,21-36H2,1-2H3/b7-5-,8-6-,13-11-,14-12-,19-17-,20-18-. The van der Waals surface area contributed by atoms with Crippen LogP contribution in [0, 0.1) is 0 Å². The molecule has 42 heavy (non-hydrogen) atoms. The highest BCUT2D eigenvalue weighted by molar-refractivity contribution is 4.98. The summed E-state index contributed by atoms with van der Waals surface area (Å²) in [5.74, 6) is 0. The van der Waals surface area contributed by atoms with Crippen LogP contribution in [0.25, 0.3) is 0 Å². The predicted octanol–water partition coefficient (Wildman–Crippen LogP) is 9.77. The van der Waals surface area contributed by atoms with Crippen molar-refractivity contribution in [1.82, 2.24) is 4.90 Å². The maximum atomic E-state index is 10.1. The van der Waals surface area contributed by atoms with Crippen molar-refractivity contribution in [3.8, 4) is 0 Å². The number of hydrogen-bond donors (Lipinski definition) is 2. The van der Waals surface area contributed by atoms with E-state index >= 15 is 0 Å². The quantitative estimate of drug-likeness (QED) is 0.0746. The van der Waals surface area contributed by atoms with Gasteiger partial charge in [0.2, 0.25) is 0 Å². The third-order valence-electron chi connectivity index (χ3n) is 7.99. The summed E-state index contributed by atoms with van der Waals surface area (Å²) in [6, 6.07) is 0. The highest BCUT2D eigenvalue weighted by Gasteiger charge is 2.46. The van der Waals surface area contributed by atoms with Crippen LogP contribution in [0.5, 0.6) is 0 Å². The number of unbranched alkanes of at least 4 members (excludes halogenated alkanes) is 9. The van der Waals surface area contributed by atoms with Gasteiger partial charge in [0.15, 0.2) is 0 Å². The highest BCUT2D eigenvalue weighted by atomic mass is 16.5. The third kappa shape index (κ3) is 18.7. The maximum absolute atomic E-state index is 10.1. The lowest BCUT2D eigenvalue weighted by atomic mass is 10.00. The van der Waals surface area contributed by atoms with Crippen LogP contribution in [-0.2, 0) is 4.74 Å². The molecule has 0 amide bonds. The number of allylic oxidation sites excluding steroid dienone is 12. The molecule has 0 bridgehead atoms. The van der Waals surface area contributed by atoms with Gasteiger partial charge in [0.05, 0.1) is 25.4 Å². The Hall–Kier alpha value is -1.72. The van der Waals surface area contributed by atoms with Gasteiger partial charge < -0.3 is 14.9 Å². The molecule has 1 aliphatic heterocycles. The van der Waals surface area contributed by atoms with Crippen molar-refractivity contribution in [3.05, 3.63) is 72.9 Å². The summed E-state index contributed by atoms with van der Waals surface area (Å²) < 4.78 is 6.12. The first-order valence-electron chi connectivity index (χ1n) is 17.2. The number of hydrogen-bond acceptors (Lipinski definition) is 4. The molecule has 1 atom stereocenters. The molecular formula is C38H65NO3. The normalized spacial score (nSPS) is 18.1. The van der Waals surface area contributed by atoms with Crippen LogP contribution in [0.4, 0.5) is 0 Å². The fourth-order valence-corrected chi connectivity index (χ4v) is 5.34. The Morgan fingerprint density at radius 3 is 1.50 bits per heavy atom. The zero-order valence-electron chi connectivity index (χ0n) is 27.3.